The molecule has 1 unspecified atom stereocenters. The first kappa shape index (κ1) is 16.3. The number of fused-ring (bicyclic) bond motifs is 1. The summed E-state index contributed by atoms with van der Waals surface area (Å²) in [6, 6.07) is 11.1. The predicted molar refractivity (Wildman–Crippen MR) is 100 cm³/mol. The number of carbonyl (C=O) groups is 1. The third-order valence-corrected chi connectivity index (χ3v) is 4.67. The Morgan fingerprint density at radius 3 is 3.00 bits per heavy atom. The number of H-pyrrole nitrogens is 1. The SMILES string of the molecule is O=C(Nc1cccc2cccnc12)C1CCCN(c2cc(=O)[nH]cn2)C1. The van der Waals surface area contributed by atoms with Crippen molar-refractivity contribution in [1.29, 1.82) is 0 Å². The molecule has 1 atom stereocenters. The minimum absolute atomic E-state index is 0.0299. The van der Waals surface area contributed by atoms with Crippen molar-refractivity contribution < 1.29 is 4.79 Å². The van der Waals surface area contributed by atoms with Gasteiger partial charge in [-0.3, -0.25) is 14.6 Å². The van der Waals surface area contributed by atoms with E-state index in [9.17, 15) is 9.59 Å². The molecule has 3 aromatic rings. The maximum atomic E-state index is 12.8. The van der Waals surface area contributed by atoms with Gasteiger partial charge >= 0.3 is 0 Å². The summed E-state index contributed by atoms with van der Waals surface area (Å²) in [4.78, 5) is 37.4. The van der Waals surface area contributed by atoms with Crippen molar-refractivity contribution >= 4 is 28.3 Å². The molecule has 0 radical (unpaired) electrons. The van der Waals surface area contributed by atoms with Gasteiger partial charge in [-0.05, 0) is 25.0 Å². The summed E-state index contributed by atoms with van der Waals surface area (Å²) >= 11 is 0. The highest BCUT2D eigenvalue weighted by molar-refractivity contribution is 6.01. The summed E-state index contributed by atoms with van der Waals surface area (Å²) < 4.78 is 0. The number of benzene rings is 1. The number of rotatable bonds is 3. The Kier molecular flexibility index (Phi) is 4.35. The summed E-state index contributed by atoms with van der Waals surface area (Å²) in [5, 5.41) is 4.01. The average Bonchev–Trinajstić information content (AvgIpc) is 2.68. The van der Waals surface area contributed by atoms with Gasteiger partial charge in [0.1, 0.15) is 5.82 Å². The third kappa shape index (κ3) is 3.28. The molecule has 1 fully saturated rings. The number of anilines is 2. The van der Waals surface area contributed by atoms with E-state index in [0.29, 0.717) is 12.4 Å². The number of para-hydroxylation sites is 1. The van der Waals surface area contributed by atoms with Gasteiger partial charge in [-0.2, -0.15) is 0 Å². The number of amides is 1. The van der Waals surface area contributed by atoms with Crippen LogP contribution in [0.1, 0.15) is 12.8 Å². The second kappa shape index (κ2) is 6.95. The van der Waals surface area contributed by atoms with Crippen molar-refractivity contribution in [2.75, 3.05) is 23.3 Å². The third-order valence-electron chi connectivity index (χ3n) is 4.67. The van der Waals surface area contributed by atoms with Gasteiger partial charge in [0.25, 0.3) is 5.56 Å². The predicted octanol–water partition coefficient (Wildman–Crippen LogP) is 2.17. The molecule has 1 aliphatic heterocycles. The zero-order chi connectivity index (χ0) is 17.9. The van der Waals surface area contributed by atoms with Crippen LogP contribution < -0.4 is 15.8 Å². The summed E-state index contributed by atoms with van der Waals surface area (Å²) in [5.74, 6) is 0.416. The van der Waals surface area contributed by atoms with Gasteiger partial charge in [0.05, 0.1) is 23.4 Å². The Labute approximate surface area is 150 Å². The molecule has 7 nitrogen and oxygen atoms in total. The lowest BCUT2D eigenvalue weighted by atomic mass is 9.97. The maximum Gasteiger partial charge on any atom is 0.252 e. The van der Waals surface area contributed by atoms with Crippen LogP contribution >= 0.6 is 0 Å². The first-order valence-electron chi connectivity index (χ1n) is 8.65. The lowest BCUT2D eigenvalue weighted by Crippen LogP contribution is -2.41. The van der Waals surface area contributed by atoms with Crippen molar-refractivity contribution in [3.05, 3.63) is 59.3 Å². The first-order chi connectivity index (χ1) is 12.7. The molecule has 1 aromatic carbocycles. The van der Waals surface area contributed by atoms with Crippen molar-refractivity contribution in [2.45, 2.75) is 12.8 Å². The Hall–Kier alpha value is -3.22. The Balaban J connectivity index is 1.51. The van der Waals surface area contributed by atoms with Crippen LogP contribution in [0, 0.1) is 5.92 Å². The van der Waals surface area contributed by atoms with Gasteiger partial charge in [0.15, 0.2) is 0 Å². The first-order valence-corrected chi connectivity index (χ1v) is 8.65. The standard InChI is InChI=1S/C19H19N5O2/c25-17-10-16(21-12-22-17)24-9-3-6-14(11-24)19(26)23-15-7-1-4-13-5-2-8-20-18(13)15/h1-2,4-5,7-8,10,12,14H,3,6,9,11H2,(H,23,26)(H,21,22,25). The van der Waals surface area contributed by atoms with Gasteiger partial charge in [-0.15, -0.1) is 0 Å². The number of pyridine rings is 1. The van der Waals surface area contributed by atoms with Crippen LogP contribution in [0.4, 0.5) is 11.5 Å². The van der Waals surface area contributed by atoms with Crippen LogP contribution in [0.2, 0.25) is 0 Å². The van der Waals surface area contributed by atoms with E-state index in [2.05, 4.69) is 20.3 Å². The van der Waals surface area contributed by atoms with E-state index in [4.69, 9.17) is 0 Å². The Morgan fingerprint density at radius 1 is 1.23 bits per heavy atom. The highest BCUT2D eigenvalue weighted by atomic mass is 16.2. The minimum atomic E-state index is -0.191. The summed E-state index contributed by atoms with van der Waals surface area (Å²) in [5.41, 5.74) is 1.31. The fraction of sp³-hybridized carbons (Fsp3) is 0.263. The van der Waals surface area contributed by atoms with E-state index >= 15 is 0 Å². The molecule has 0 aliphatic carbocycles. The molecule has 1 aliphatic rings. The molecular weight excluding hydrogens is 330 g/mol. The van der Waals surface area contributed by atoms with E-state index in [0.717, 1.165) is 36.0 Å². The summed E-state index contributed by atoms with van der Waals surface area (Å²) in [7, 11) is 0. The Morgan fingerprint density at radius 2 is 2.12 bits per heavy atom. The van der Waals surface area contributed by atoms with E-state index in [1.165, 1.54) is 12.4 Å². The topological polar surface area (TPSA) is 91.0 Å². The maximum absolute atomic E-state index is 12.8. The number of nitrogens with one attached hydrogen (secondary N) is 2. The molecule has 4 rings (SSSR count). The molecule has 0 saturated carbocycles. The van der Waals surface area contributed by atoms with Gasteiger partial charge in [0, 0.05) is 30.7 Å². The van der Waals surface area contributed by atoms with Crippen LogP contribution in [0.25, 0.3) is 10.9 Å². The number of hydrogen-bond donors (Lipinski definition) is 2. The quantitative estimate of drug-likeness (QED) is 0.756. The number of hydrogen-bond acceptors (Lipinski definition) is 5. The minimum Gasteiger partial charge on any atom is -0.356 e. The highest BCUT2D eigenvalue weighted by Crippen LogP contribution is 2.24. The normalized spacial score (nSPS) is 17.2. The van der Waals surface area contributed by atoms with Crippen LogP contribution in [-0.4, -0.2) is 33.9 Å². The van der Waals surface area contributed by atoms with E-state index < -0.39 is 0 Å². The molecule has 7 heteroatoms. The summed E-state index contributed by atoms with van der Waals surface area (Å²) in [6.45, 7) is 1.33. The van der Waals surface area contributed by atoms with Gasteiger partial charge in [-0.25, -0.2) is 4.98 Å². The van der Waals surface area contributed by atoms with Crippen LogP contribution in [0.3, 0.4) is 0 Å². The number of nitrogens with zero attached hydrogens (tertiary/aromatic N) is 3. The van der Waals surface area contributed by atoms with E-state index in [-0.39, 0.29) is 17.4 Å². The number of aromatic amines is 1. The second-order valence-electron chi connectivity index (χ2n) is 6.42. The van der Waals surface area contributed by atoms with Crippen molar-refractivity contribution in [3.8, 4) is 0 Å². The van der Waals surface area contributed by atoms with Crippen molar-refractivity contribution in [3.63, 3.8) is 0 Å². The number of aromatic nitrogens is 3. The molecule has 1 saturated heterocycles. The Bertz CT molecular complexity index is 995. The van der Waals surface area contributed by atoms with Crippen LogP contribution in [0.15, 0.2) is 53.7 Å². The molecule has 0 bridgehead atoms. The van der Waals surface area contributed by atoms with Gasteiger partial charge in [0.2, 0.25) is 5.91 Å². The number of carbonyl (C=O) groups excluding carboxylic acids is 1. The largest absolute Gasteiger partial charge is 0.356 e. The molecule has 2 N–H and O–H groups in total. The fourth-order valence-corrected chi connectivity index (χ4v) is 3.37. The number of piperidine rings is 1. The zero-order valence-corrected chi connectivity index (χ0v) is 14.2. The van der Waals surface area contributed by atoms with Crippen molar-refractivity contribution in [1.82, 2.24) is 15.0 Å². The van der Waals surface area contributed by atoms with Crippen LogP contribution in [-0.2, 0) is 4.79 Å². The zero-order valence-electron chi connectivity index (χ0n) is 14.2. The molecule has 0 spiro atoms. The fourth-order valence-electron chi connectivity index (χ4n) is 3.37. The van der Waals surface area contributed by atoms with Crippen LogP contribution in [0.5, 0.6) is 0 Å². The molecule has 2 aromatic heterocycles. The van der Waals surface area contributed by atoms with Gasteiger partial charge in [-0.1, -0.05) is 18.2 Å². The van der Waals surface area contributed by atoms with Gasteiger partial charge < -0.3 is 15.2 Å². The van der Waals surface area contributed by atoms with E-state index in [1.807, 2.05) is 35.2 Å². The monoisotopic (exact) mass is 349 g/mol. The average molecular weight is 349 g/mol. The molecule has 132 valence electrons. The molecule has 26 heavy (non-hydrogen) atoms. The highest BCUT2D eigenvalue weighted by Gasteiger charge is 2.27. The summed E-state index contributed by atoms with van der Waals surface area (Å²) in [6.07, 6.45) is 4.80. The molecule has 3 heterocycles. The van der Waals surface area contributed by atoms with E-state index in [1.54, 1.807) is 6.20 Å². The lowest BCUT2D eigenvalue weighted by molar-refractivity contribution is -0.120. The second-order valence-corrected chi connectivity index (χ2v) is 6.42. The van der Waals surface area contributed by atoms with Crippen molar-refractivity contribution in [2.24, 2.45) is 5.92 Å². The smallest absolute Gasteiger partial charge is 0.252 e. The molecular formula is C19H19N5O2. The lowest BCUT2D eigenvalue weighted by Gasteiger charge is -2.32. The molecule has 1 amide bonds.